The monoisotopic (exact) mass is 347 g/mol. The molecule has 2 atom stereocenters. The van der Waals surface area contributed by atoms with E-state index in [1.165, 1.54) is 6.92 Å². The van der Waals surface area contributed by atoms with Gasteiger partial charge in [0, 0.05) is 16.7 Å². The van der Waals surface area contributed by atoms with Gasteiger partial charge < -0.3 is 14.8 Å². The van der Waals surface area contributed by atoms with Crippen molar-refractivity contribution in [2.45, 2.75) is 32.9 Å². The molecule has 0 aliphatic rings. The molecule has 0 bridgehead atoms. The van der Waals surface area contributed by atoms with E-state index >= 15 is 0 Å². The average molecular weight is 348 g/mol. The lowest BCUT2D eigenvalue weighted by Gasteiger charge is -2.19. The summed E-state index contributed by atoms with van der Waals surface area (Å²) in [6.45, 7) is 5.27. The molecule has 0 aliphatic carbocycles. The van der Waals surface area contributed by atoms with Crippen molar-refractivity contribution in [3.05, 3.63) is 33.8 Å². The molecule has 22 heavy (non-hydrogen) atoms. The van der Waals surface area contributed by atoms with Crippen LogP contribution >= 0.6 is 23.2 Å². The van der Waals surface area contributed by atoms with Crippen LogP contribution in [0.3, 0.4) is 0 Å². The molecule has 7 heteroatoms. The Morgan fingerprint density at radius 3 is 2.55 bits per heavy atom. The maximum Gasteiger partial charge on any atom is 0.332 e. The molecule has 0 saturated heterocycles. The van der Waals surface area contributed by atoms with E-state index in [9.17, 15) is 9.59 Å². The minimum atomic E-state index is -0.915. The number of halogens is 2. The Morgan fingerprint density at radius 1 is 1.27 bits per heavy atom. The Morgan fingerprint density at radius 2 is 1.95 bits per heavy atom. The zero-order chi connectivity index (χ0) is 16.7. The largest absolute Gasteiger partial charge is 0.451 e. The molecular weight excluding hydrogens is 329 g/mol. The van der Waals surface area contributed by atoms with Gasteiger partial charge in [-0.05, 0) is 38.5 Å². The Kier molecular flexibility index (Phi) is 7.65. The van der Waals surface area contributed by atoms with Gasteiger partial charge >= 0.3 is 5.97 Å². The molecule has 0 aliphatic heterocycles. The second-order valence-corrected chi connectivity index (χ2v) is 5.51. The van der Waals surface area contributed by atoms with Crippen molar-refractivity contribution in [2.75, 3.05) is 13.2 Å². The second kappa shape index (κ2) is 8.98. The second-order valence-electron chi connectivity index (χ2n) is 4.67. The molecule has 0 spiro atoms. The molecule has 0 radical (unpaired) electrons. The SMILES string of the molecule is CCOCC(=O)O[C@H](C)C(=O)N[C@H](C)c1ccc(Cl)cc1Cl. The first-order valence-electron chi connectivity index (χ1n) is 6.87. The third-order valence-electron chi connectivity index (χ3n) is 2.89. The number of hydrogen-bond donors (Lipinski definition) is 1. The van der Waals surface area contributed by atoms with Gasteiger partial charge in [0.2, 0.25) is 0 Å². The molecule has 1 rings (SSSR count). The first-order valence-corrected chi connectivity index (χ1v) is 7.63. The van der Waals surface area contributed by atoms with Crippen LogP contribution in [-0.2, 0) is 19.1 Å². The summed E-state index contributed by atoms with van der Waals surface area (Å²) in [5.41, 5.74) is 0.729. The smallest absolute Gasteiger partial charge is 0.332 e. The number of ether oxygens (including phenoxy) is 2. The van der Waals surface area contributed by atoms with Crippen molar-refractivity contribution in [3.63, 3.8) is 0 Å². The number of benzene rings is 1. The van der Waals surface area contributed by atoms with Crippen LogP contribution < -0.4 is 5.32 Å². The summed E-state index contributed by atoms with van der Waals surface area (Å²) in [5.74, 6) is -0.995. The summed E-state index contributed by atoms with van der Waals surface area (Å²) in [4.78, 5) is 23.4. The molecule has 0 heterocycles. The van der Waals surface area contributed by atoms with Gasteiger partial charge in [0.25, 0.3) is 5.91 Å². The van der Waals surface area contributed by atoms with E-state index in [0.29, 0.717) is 16.7 Å². The van der Waals surface area contributed by atoms with E-state index < -0.39 is 18.0 Å². The van der Waals surface area contributed by atoms with Crippen LogP contribution in [-0.4, -0.2) is 31.2 Å². The van der Waals surface area contributed by atoms with E-state index in [-0.39, 0.29) is 12.6 Å². The number of hydrogen-bond acceptors (Lipinski definition) is 4. The molecule has 1 aromatic rings. The summed E-state index contributed by atoms with van der Waals surface area (Å²) in [5, 5.41) is 3.71. The molecule has 1 N–H and O–H groups in total. The number of nitrogens with one attached hydrogen (secondary N) is 1. The van der Waals surface area contributed by atoms with Crippen LogP contribution in [0.4, 0.5) is 0 Å². The molecule has 5 nitrogen and oxygen atoms in total. The molecule has 122 valence electrons. The molecule has 0 aromatic heterocycles. The maximum atomic E-state index is 12.0. The minimum absolute atomic E-state index is 0.174. The van der Waals surface area contributed by atoms with Crippen LogP contribution in [0.15, 0.2) is 18.2 Å². The lowest BCUT2D eigenvalue weighted by atomic mass is 10.1. The van der Waals surface area contributed by atoms with Gasteiger partial charge in [0.1, 0.15) is 6.61 Å². The standard InChI is InChI=1S/C15H19Cl2NO4/c1-4-21-8-14(19)22-10(3)15(20)18-9(2)12-6-5-11(16)7-13(12)17/h5-7,9-10H,4,8H2,1-3H3,(H,18,20)/t9-,10-/m1/s1. The predicted molar refractivity (Wildman–Crippen MR) is 85.1 cm³/mol. The number of amides is 1. The van der Waals surface area contributed by atoms with Crippen molar-refractivity contribution in [3.8, 4) is 0 Å². The quantitative estimate of drug-likeness (QED) is 0.769. The van der Waals surface area contributed by atoms with Crippen LogP contribution in [0.25, 0.3) is 0 Å². The van der Waals surface area contributed by atoms with Crippen LogP contribution in [0.5, 0.6) is 0 Å². The van der Waals surface area contributed by atoms with Crippen molar-refractivity contribution in [1.82, 2.24) is 5.32 Å². The van der Waals surface area contributed by atoms with E-state index in [1.807, 2.05) is 0 Å². The first-order chi connectivity index (χ1) is 10.3. The maximum absolute atomic E-state index is 12.0. The Bertz CT molecular complexity index is 536. The summed E-state index contributed by atoms with van der Waals surface area (Å²) in [7, 11) is 0. The minimum Gasteiger partial charge on any atom is -0.451 e. The number of esters is 1. The average Bonchev–Trinajstić information content (AvgIpc) is 2.44. The number of carbonyl (C=O) groups excluding carboxylic acids is 2. The third kappa shape index (κ3) is 5.83. The Balaban J connectivity index is 2.57. The Labute approximate surface area is 139 Å². The predicted octanol–water partition coefficient (Wildman–Crippen LogP) is 3.14. The van der Waals surface area contributed by atoms with Gasteiger partial charge in [-0.15, -0.1) is 0 Å². The zero-order valence-corrected chi connectivity index (χ0v) is 14.2. The highest BCUT2D eigenvalue weighted by Gasteiger charge is 2.21. The number of carbonyl (C=O) groups is 2. The molecule has 0 saturated carbocycles. The van der Waals surface area contributed by atoms with Crippen molar-refractivity contribution >= 4 is 35.1 Å². The fourth-order valence-electron chi connectivity index (χ4n) is 1.73. The molecule has 0 unspecified atom stereocenters. The van der Waals surface area contributed by atoms with Crippen LogP contribution in [0.1, 0.15) is 32.4 Å². The van der Waals surface area contributed by atoms with E-state index in [0.717, 1.165) is 5.56 Å². The lowest BCUT2D eigenvalue weighted by molar-refractivity contribution is -0.159. The van der Waals surface area contributed by atoms with Crippen molar-refractivity contribution < 1.29 is 19.1 Å². The highest BCUT2D eigenvalue weighted by Crippen LogP contribution is 2.26. The topological polar surface area (TPSA) is 64.6 Å². The lowest BCUT2D eigenvalue weighted by Crippen LogP contribution is -2.38. The molecule has 1 amide bonds. The summed E-state index contributed by atoms with van der Waals surface area (Å²) in [6.07, 6.45) is -0.915. The summed E-state index contributed by atoms with van der Waals surface area (Å²) in [6, 6.07) is 4.69. The molecule has 1 aromatic carbocycles. The number of rotatable bonds is 7. The summed E-state index contributed by atoms with van der Waals surface area (Å²) >= 11 is 11.9. The third-order valence-corrected chi connectivity index (χ3v) is 3.45. The van der Waals surface area contributed by atoms with E-state index in [4.69, 9.17) is 32.7 Å². The van der Waals surface area contributed by atoms with Gasteiger partial charge in [-0.2, -0.15) is 0 Å². The van der Waals surface area contributed by atoms with Crippen LogP contribution in [0.2, 0.25) is 10.0 Å². The highest BCUT2D eigenvalue weighted by atomic mass is 35.5. The van der Waals surface area contributed by atoms with Crippen molar-refractivity contribution in [2.24, 2.45) is 0 Å². The zero-order valence-electron chi connectivity index (χ0n) is 12.7. The van der Waals surface area contributed by atoms with Crippen molar-refractivity contribution in [1.29, 1.82) is 0 Å². The molecular formula is C15H19Cl2NO4. The first kappa shape index (κ1) is 18.7. The Hall–Kier alpha value is -1.30. The fraction of sp³-hybridized carbons (Fsp3) is 0.467. The van der Waals surface area contributed by atoms with Gasteiger partial charge in [0.05, 0.1) is 6.04 Å². The van der Waals surface area contributed by atoms with Gasteiger partial charge in [-0.3, -0.25) is 4.79 Å². The van der Waals surface area contributed by atoms with Gasteiger partial charge in [-0.1, -0.05) is 29.3 Å². The van der Waals surface area contributed by atoms with E-state index in [1.54, 1.807) is 32.0 Å². The van der Waals surface area contributed by atoms with Gasteiger partial charge in [0.15, 0.2) is 6.10 Å². The summed E-state index contributed by atoms with van der Waals surface area (Å²) < 4.78 is 9.89. The van der Waals surface area contributed by atoms with E-state index in [2.05, 4.69) is 5.32 Å². The van der Waals surface area contributed by atoms with Gasteiger partial charge in [-0.25, -0.2) is 4.79 Å². The van der Waals surface area contributed by atoms with Crippen LogP contribution in [0, 0.1) is 0 Å². The fourth-order valence-corrected chi connectivity index (χ4v) is 2.30. The normalized spacial score (nSPS) is 13.3. The molecule has 0 fully saturated rings. The highest BCUT2D eigenvalue weighted by molar-refractivity contribution is 6.35.